The molecule has 0 radical (unpaired) electrons. The number of nitrogens with zero attached hydrogens (tertiary/aromatic N) is 4. The Hall–Kier alpha value is -3.78. The molecule has 0 fully saturated rings. The summed E-state index contributed by atoms with van der Waals surface area (Å²) < 4.78 is 1.75. The maximum atomic E-state index is 13.2. The van der Waals surface area contributed by atoms with E-state index in [0.29, 0.717) is 11.6 Å². The van der Waals surface area contributed by atoms with E-state index in [-0.39, 0.29) is 12.3 Å². The summed E-state index contributed by atoms with van der Waals surface area (Å²) in [5.74, 6) is -1.93. The zero-order valence-corrected chi connectivity index (χ0v) is 19.2. The number of aryl methyl sites for hydroxylation is 1. The number of carboxylic acid groups (broad SMARTS) is 1. The number of hydrogen-bond donors (Lipinski definition) is 1. The topological polar surface area (TPSA) is 88.3 Å². The maximum Gasteiger partial charge on any atom is 0.304 e. The molecule has 2 heterocycles. The highest BCUT2D eigenvalue weighted by Gasteiger charge is 2.27. The van der Waals surface area contributed by atoms with Gasteiger partial charge in [0.25, 0.3) is 0 Å². The number of carbonyl (C=O) groups excluding carboxylic acids is 1. The Balaban J connectivity index is 1.59. The second-order valence-electron chi connectivity index (χ2n) is 7.85. The average molecular weight is 461 g/mol. The van der Waals surface area contributed by atoms with Crippen LogP contribution in [0.3, 0.4) is 0 Å². The van der Waals surface area contributed by atoms with Crippen molar-refractivity contribution in [3.8, 4) is 22.4 Å². The van der Waals surface area contributed by atoms with Crippen LogP contribution >= 0.6 is 11.3 Å². The molecule has 4 rings (SSSR count). The number of thiazole rings is 1. The van der Waals surface area contributed by atoms with Gasteiger partial charge in [0.2, 0.25) is 5.91 Å². The van der Waals surface area contributed by atoms with Crippen molar-refractivity contribution >= 4 is 28.3 Å². The Morgan fingerprint density at radius 1 is 1.09 bits per heavy atom. The van der Waals surface area contributed by atoms with Crippen molar-refractivity contribution in [1.29, 1.82) is 0 Å². The lowest BCUT2D eigenvalue weighted by Gasteiger charge is -2.21. The van der Waals surface area contributed by atoms with Gasteiger partial charge in [0.05, 0.1) is 24.2 Å². The number of aromatic nitrogens is 3. The number of benzene rings is 2. The lowest BCUT2D eigenvalue weighted by Crippen LogP contribution is -2.35. The molecule has 7 nitrogen and oxygen atoms in total. The Morgan fingerprint density at radius 2 is 1.79 bits per heavy atom. The second kappa shape index (κ2) is 9.79. The first kappa shape index (κ1) is 22.4. The zero-order valence-electron chi connectivity index (χ0n) is 18.4. The predicted octanol–water partition coefficient (Wildman–Crippen LogP) is 4.51. The lowest BCUT2D eigenvalue weighted by atomic mass is 9.95. The minimum atomic E-state index is -0.997. The number of hydrogen-bond acceptors (Lipinski definition) is 5. The molecule has 0 saturated carbocycles. The van der Waals surface area contributed by atoms with Gasteiger partial charge in [-0.2, -0.15) is 5.10 Å². The fraction of sp³-hybridized carbons (Fsp3) is 0.200. The normalized spacial score (nSPS) is 11.8. The zero-order chi connectivity index (χ0) is 23.4. The molecule has 33 heavy (non-hydrogen) atoms. The van der Waals surface area contributed by atoms with E-state index in [4.69, 9.17) is 4.98 Å². The molecule has 4 aromatic rings. The number of carboxylic acids is 1. The van der Waals surface area contributed by atoms with Gasteiger partial charge in [-0.05, 0) is 17.5 Å². The molecule has 168 valence electrons. The summed E-state index contributed by atoms with van der Waals surface area (Å²) in [7, 11) is 3.52. The van der Waals surface area contributed by atoms with E-state index in [1.165, 1.54) is 16.2 Å². The minimum absolute atomic E-state index is 0.236. The molecule has 2 aromatic heterocycles. The van der Waals surface area contributed by atoms with Crippen molar-refractivity contribution in [2.24, 2.45) is 13.0 Å². The van der Waals surface area contributed by atoms with Crippen molar-refractivity contribution < 1.29 is 14.7 Å². The predicted molar refractivity (Wildman–Crippen MR) is 129 cm³/mol. The molecule has 0 spiro atoms. The number of carbonyl (C=O) groups is 2. The fourth-order valence-electron chi connectivity index (χ4n) is 3.78. The van der Waals surface area contributed by atoms with Crippen LogP contribution in [0, 0.1) is 5.92 Å². The van der Waals surface area contributed by atoms with Crippen LogP contribution < -0.4 is 4.90 Å². The molecule has 1 unspecified atom stereocenters. The Morgan fingerprint density at radius 3 is 2.45 bits per heavy atom. The van der Waals surface area contributed by atoms with Crippen LogP contribution in [0.1, 0.15) is 12.0 Å². The molecule has 0 aliphatic heterocycles. The van der Waals surface area contributed by atoms with Gasteiger partial charge in [-0.25, -0.2) is 4.98 Å². The van der Waals surface area contributed by atoms with E-state index in [2.05, 4.69) is 5.10 Å². The average Bonchev–Trinajstić information content (AvgIpc) is 3.47. The molecule has 2 aromatic carbocycles. The highest BCUT2D eigenvalue weighted by molar-refractivity contribution is 7.14. The van der Waals surface area contributed by atoms with Gasteiger partial charge in [0.1, 0.15) is 0 Å². The fourth-order valence-corrected chi connectivity index (χ4v) is 4.58. The smallest absolute Gasteiger partial charge is 0.304 e. The van der Waals surface area contributed by atoms with Gasteiger partial charge in [0, 0.05) is 36.8 Å². The molecular formula is C25H24N4O3S. The van der Waals surface area contributed by atoms with Crippen LogP contribution in [0.2, 0.25) is 0 Å². The number of amides is 1. The maximum absolute atomic E-state index is 13.2. The van der Waals surface area contributed by atoms with E-state index in [9.17, 15) is 14.7 Å². The van der Waals surface area contributed by atoms with Gasteiger partial charge in [-0.3, -0.25) is 19.2 Å². The molecule has 8 heteroatoms. The first-order chi connectivity index (χ1) is 15.9. The van der Waals surface area contributed by atoms with E-state index in [1.807, 2.05) is 79.4 Å². The summed E-state index contributed by atoms with van der Waals surface area (Å²) in [5, 5.41) is 16.1. The number of rotatable bonds is 8. The molecule has 1 atom stereocenters. The van der Waals surface area contributed by atoms with Gasteiger partial charge in [0.15, 0.2) is 5.13 Å². The van der Waals surface area contributed by atoms with E-state index < -0.39 is 11.9 Å². The molecular weight excluding hydrogens is 436 g/mol. The Bertz CT molecular complexity index is 1270. The summed E-state index contributed by atoms with van der Waals surface area (Å²) in [6.45, 7) is 0. The Labute approximate surface area is 196 Å². The molecule has 0 aliphatic carbocycles. The van der Waals surface area contributed by atoms with Crippen molar-refractivity contribution in [1.82, 2.24) is 14.8 Å². The summed E-state index contributed by atoms with van der Waals surface area (Å²) in [4.78, 5) is 30.9. The van der Waals surface area contributed by atoms with Gasteiger partial charge in [-0.15, -0.1) is 11.3 Å². The highest BCUT2D eigenvalue weighted by Crippen LogP contribution is 2.34. The Kier molecular flexibility index (Phi) is 6.65. The number of aliphatic carboxylic acids is 1. The van der Waals surface area contributed by atoms with Crippen molar-refractivity contribution in [2.75, 3.05) is 11.9 Å². The van der Waals surface area contributed by atoms with Crippen LogP contribution in [0.5, 0.6) is 0 Å². The van der Waals surface area contributed by atoms with Crippen LogP contribution in [0.4, 0.5) is 5.13 Å². The summed E-state index contributed by atoms with van der Waals surface area (Å²) >= 11 is 1.36. The van der Waals surface area contributed by atoms with Crippen molar-refractivity contribution in [3.05, 3.63) is 77.9 Å². The third-order valence-corrected chi connectivity index (χ3v) is 6.34. The van der Waals surface area contributed by atoms with Crippen LogP contribution in [0.25, 0.3) is 22.4 Å². The van der Waals surface area contributed by atoms with E-state index in [0.717, 1.165) is 27.9 Å². The molecule has 0 aliphatic rings. The van der Waals surface area contributed by atoms with Gasteiger partial charge < -0.3 is 5.11 Å². The third-order valence-electron chi connectivity index (χ3n) is 5.42. The monoisotopic (exact) mass is 460 g/mol. The van der Waals surface area contributed by atoms with E-state index in [1.54, 1.807) is 11.7 Å². The summed E-state index contributed by atoms with van der Waals surface area (Å²) in [6, 6.07) is 17.4. The standard InChI is InChI=1S/C25H24N4O3S/c1-28-15-19(14-26-28)20-10-6-7-11-21(20)22-16-33-25(27-22)29(2)24(32)18(13-23(30)31)12-17-8-4-3-5-9-17/h3-11,14-16,18H,12-13H2,1-2H3,(H,30,31). The third kappa shape index (κ3) is 5.18. The summed E-state index contributed by atoms with van der Waals surface area (Å²) in [5.41, 5.74) is 4.61. The van der Waals surface area contributed by atoms with Crippen LogP contribution in [-0.2, 0) is 23.1 Å². The molecule has 0 saturated heterocycles. The van der Waals surface area contributed by atoms with Gasteiger partial charge in [-0.1, -0.05) is 54.6 Å². The van der Waals surface area contributed by atoms with Gasteiger partial charge >= 0.3 is 5.97 Å². The second-order valence-corrected chi connectivity index (χ2v) is 8.68. The van der Waals surface area contributed by atoms with Crippen LogP contribution in [0.15, 0.2) is 72.4 Å². The largest absolute Gasteiger partial charge is 0.481 e. The minimum Gasteiger partial charge on any atom is -0.481 e. The first-order valence-electron chi connectivity index (χ1n) is 10.5. The highest BCUT2D eigenvalue weighted by atomic mass is 32.1. The van der Waals surface area contributed by atoms with Crippen LogP contribution in [-0.4, -0.2) is 38.8 Å². The van der Waals surface area contributed by atoms with Crippen molar-refractivity contribution in [2.45, 2.75) is 12.8 Å². The summed E-state index contributed by atoms with van der Waals surface area (Å²) in [6.07, 6.45) is 3.88. The lowest BCUT2D eigenvalue weighted by molar-refractivity contribution is -0.140. The SMILES string of the molecule is CN(C(=O)C(CC(=O)O)Cc1ccccc1)c1nc(-c2ccccc2-c2cnn(C)c2)cs1. The van der Waals surface area contributed by atoms with E-state index >= 15 is 0 Å². The number of anilines is 1. The first-order valence-corrected chi connectivity index (χ1v) is 11.4. The van der Waals surface area contributed by atoms with Crippen molar-refractivity contribution in [3.63, 3.8) is 0 Å². The molecule has 1 amide bonds. The molecule has 0 bridgehead atoms. The molecule has 1 N–H and O–H groups in total. The quantitative estimate of drug-likeness (QED) is 0.418.